The summed E-state index contributed by atoms with van der Waals surface area (Å²) >= 11 is 0. The second-order valence-corrected chi connectivity index (χ2v) is 4.44. The minimum atomic E-state index is -0.206. The SMILES string of the molecule is CC(NC(CO)C(C)C)c1ccccc1F. The molecule has 0 saturated heterocycles. The quantitative estimate of drug-likeness (QED) is 0.807. The lowest BCUT2D eigenvalue weighted by Crippen LogP contribution is -2.38. The molecular formula is C13H20FNO. The topological polar surface area (TPSA) is 32.3 Å². The van der Waals surface area contributed by atoms with Crippen molar-refractivity contribution in [3.63, 3.8) is 0 Å². The Balaban J connectivity index is 2.72. The Morgan fingerprint density at radius 2 is 1.88 bits per heavy atom. The highest BCUT2D eigenvalue weighted by molar-refractivity contribution is 5.20. The third kappa shape index (κ3) is 3.29. The van der Waals surface area contributed by atoms with E-state index < -0.39 is 0 Å². The lowest BCUT2D eigenvalue weighted by atomic mass is 10.0. The van der Waals surface area contributed by atoms with Gasteiger partial charge in [0, 0.05) is 17.6 Å². The van der Waals surface area contributed by atoms with Crippen LogP contribution in [-0.4, -0.2) is 17.8 Å². The lowest BCUT2D eigenvalue weighted by molar-refractivity contribution is 0.200. The molecule has 0 aliphatic carbocycles. The molecule has 0 saturated carbocycles. The van der Waals surface area contributed by atoms with Gasteiger partial charge in [-0.3, -0.25) is 0 Å². The van der Waals surface area contributed by atoms with Crippen LogP contribution in [-0.2, 0) is 0 Å². The fourth-order valence-electron chi connectivity index (χ4n) is 1.69. The summed E-state index contributed by atoms with van der Waals surface area (Å²) in [5, 5.41) is 12.4. The van der Waals surface area contributed by atoms with Gasteiger partial charge in [-0.25, -0.2) is 4.39 Å². The van der Waals surface area contributed by atoms with E-state index in [1.165, 1.54) is 6.07 Å². The van der Waals surface area contributed by atoms with Gasteiger partial charge in [0.15, 0.2) is 0 Å². The highest BCUT2D eigenvalue weighted by Crippen LogP contribution is 2.17. The first-order chi connectivity index (χ1) is 7.56. The van der Waals surface area contributed by atoms with Crippen LogP contribution in [0.15, 0.2) is 24.3 Å². The van der Waals surface area contributed by atoms with E-state index >= 15 is 0 Å². The zero-order valence-electron chi connectivity index (χ0n) is 10.1. The number of aliphatic hydroxyl groups is 1. The smallest absolute Gasteiger partial charge is 0.127 e. The predicted molar refractivity (Wildman–Crippen MR) is 63.7 cm³/mol. The molecule has 0 fully saturated rings. The van der Waals surface area contributed by atoms with Crippen LogP contribution in [0.3, 0.4) is 0 Å². The number of hydrogen-bond donors (Lipinski definition) is 2. The van der Waals surface area contributed by atoms with Crippen LogP contribution in [0.25, 0.3) is 0 Å². The molecule has 2 N–H and O–H groups in total. The molecule has 3 heteroatoms. The normalized spacial score (nSPS) is 15.1. The maximum absolute atomic E-state index is 13.5. The lowest BCUT2D eigenvalue weighted by Gasteiger charge is -2.25. The second kappa shape index (κ2) is 5.97. The fourth-order valence-corrected chi connectivity index (χ4v) is 1.69. The van der Waals surface area contributed by atoms with Gasteiger partial charge in [-0.15, -0.1) is 0 Å². The maximum atomic E-state index is 13.5. The molecule has 1 rings (SSSR count). The van der Waals surface area contributed by atoms with Crippen molar-refractivity contribution in [2.24, 2.45) is 5.92 Å². The highest BCUT2D eigenvalue weighted by atomic mass is 19.1. The number of benzene rings is 1. The fraction of sp³-hybridized carbons (Fsp3) is 0.538. The van der Waals surface area contributed by atoms with E-state index in [4.69, 9.17) is 0 Å². The molecular weight excluding hydrogens is 205 g/mol. The standard InChI is InChI=1S/C13H20FNO/c1-9(2)13(8-16)15-10(3)11-6-4-5-7-12(11)14/h4-7,9-10,13,15-16H,8H2,1-3H3. The van der Waals surface area contributed by atoms with Gasteiger partial charge in [-0.1, -0.05) is 32.0 Å². The third-order valence-electron chi connectivity index (χ3n) is 2.84. The number of rotatable bonds is 5. The second-order valence-electron chi connectivity index (χ2n) is 4.44. The molecule has 2 unspecified atom stereocenters. The average Bonchev–Trinajstić information content (AvgIpc) is 2.25. The first kappa shape index (κ1) is 13.1. The van der Waals surface area contributed by atoms with Crippen LogP contribution in [0.1, 0.15) is 32.4 Å². The van der Waals surface area contributed by atoms with Crippen molar-refractivity contribution < 1.29 is 9.50 Å². The van der Waals surface area contributed by atoms with Crippen molar-refractivity contribution in [3.8, 4) is 0 Å². The molecule has 0 spiro atoms. The minimum Gasteiger partial charge on any atom is -0.395 e. The van der Waals surface area contributed by atoms with Gasteiger partial charge in [-0.05, 0) is 18.9 Å². The van der Waals surface area contributed by atoms with Crippen LogP contribution >= 0.6 is 0 Å². The summed E-state index contributed by atoms with van der Waals surface area (Å²) in [5.41, 5.74) is 0.640. The minimum absolute atomic E-state index is 0.00499. The maximum Gasteiger partial charge on any atom is 0.127 e. The molecule has 2 nitrogen and oxygen atoms in total. The van der Waals surface area contributed by atoms with Gasteiger partial charge in [0.2, 0.25) is 0 Å². The number of halogens is 1. The molecule has 2 atom stereocenters. The van der Waals surface area contributed by atoms with E-state index in [0.717, 1.165) is 0 Å². The molecule has 0 heterocycles. The summed E-state index contributed by atoms with van der Waals surface area (Å²) < 4.78 is 13.5. The zero-order chi connectivity index (χ0) is 12.1. The first-order valence-corrected chi connectivity index (χ1v) is 5.67. The summed E-state index contributed by atoms with van der Waals surface area (Å²) in [7, 11) is 0. The number of nitrogens with one attached hydrogen (secondary N) is 1. The van der Waals surface area contributed by atoms with E-state index in [1.807, 2.05) is 26.8 Å². The first-order valence-electron chi connectivity index (χ1n) is 5.67. The van der Waals surface area contributed by atoms with Crippen LogP contribution in [0.5, 0.6) is 0 Å². The third-order valence-corrected chi connectivity index (χ3v) is 2.84. The zero-order valence-corrected chi connectivity index (χ0v) is 10.1. The summed E-state index contributed by atoms with van der Waals surface area (Å²) in [6.07, 6.45) is 0. The highest BCUT2D eigenvalue weighted by Gasteiger charge is 2.17. The number of aliphatic hydroxyl groups excluding tert-OH is 1. The summed E-state index contributed by atoms with van der Waals surface area (Å²) in [5.74, 6) is 0.113. The molecule has 0 aliphatic heterocycles. The molecule has 0 aliphatic rings. The Kier molecular flexibility index (Phi) is 4.90. The van der Waals surface area contributed by atoms with Gasteiger partial charge in [0.1, 0.15) is 5.82 Å². The molecule has 0 bridgehead atoms. The van der Waals surface area contributed by atoms with E-state index in [9.17, 15) is 9.50 Å². The molecule has 90 valence electrons. The van der Waals surface area contributed by atoms with Gasteiger partial charge in [-0.2, -0.15) is 0 Å². The Hall–Kier alpha value is -0.930. The van der Waals surface area contributed by atoms with Crippen LogP contribution in [0, 0.1) is 11.7 Å². The van der Waals surface area contributed by atoms with Crippen LogP contribution in [0.4, 0.5) is 4.39 Å². The Morgan fingerprint density at radius 1 is 1.25 bits per heavy atom. The molecule has 0 aromatic heterocycles. The van der Waals surface area contributed by atoms with E-state index in [-0.39, 0.29) is 24.5 Å². The van der Waals surface area contributed by atoms with Crippen LogP contribution in [0.2, 0.25) is 0 Å². The molecule has 0 amide bonds. The average molecular weight is 225 g/mol. The summed E-state index contributed by atoms with van der Waals surface area (Å²) in [6.45, 7) is 6.03. The Morgan fingerprint density at radius 3 is 2.38 bits per heavy atom. The van der Waals surface area contributed by atoms with E-state index in [0.29, 0.717) is 11.5 Å². The molecule has 0 radical (unpaired) electrons. The summed E-state index contributed by atoms with van der Waals surface area (Å²) in [4.78, 5) is 0. The van der Waals surface area contributed by atoms with Crippen molar-refractivity contribution in [2.45, 2.75) is 32.9 Å². The van der Waals surface area contributed by atoms with Crippen molar-refractivity contribution in [3.05, 3.63) is 35.6 Å². The van der Waals surface area contributed by atoms with Crippen molar-refractivity contribution >= 4 is 0 Å². The molecule has 1 aromatic rings. The van der Waals surface area contributed by atoms with Gasteiger partial charge < -0.3 is 10.4 Å². The van der Waals surface area contributed by atoms with Crippen molar-refractivity contribution in [1.82, 2.24) is 5.32 Å². The van der Waals surface area contributed by atoms with Crippen molar-refractivity contribution in [1.29, 1.82) is 0 Å². The molecule has 16 heavy (non-hydrogen) atoms. The predicted octanol–water partition coefficient (Wildman–Crippen LogP) is 2.49. The van der Waals surface area contributed by atoms with E-state index in [1.54, 1.807) is 12.1 Å². The van der Waals surface area contributed by atoms with Crippen LogP contribution < -0.4 is 5.32 Å². The largest absolute Gasteiger partial charge is 0.395 e. The molecule has 1 aromatic carbocycles. The van der Waals surface area contributed by atoms with E-state index in [2.05, 4.69) is 5.32 Å². The Bertz CT molecular complexity index is 327. The summed E-state index contributed by atoms with van der Waals surface area (Å²) in [6, 6.07) is 6.62. The Labute approximate surface area is 96.5 Å². The van der Waals surface area contributed by atoms with Gasteiger partial charge >= 0.3 is 0 Å². The monoisotopic (exact) mass is 225 g/mol. The van der Waals surface area contributed by atoms with Crippen molar-refractivity contribution in [2.75, 3.05) is 6.61 Å². The van der Waals surface area contributed by atoms with Gasteiger partial charge in [0.05, 0.1) is 6.61 Å². The van der Waals surface area contributed by atoms with Gasteiger partial charge in [0.25, 0.3) is 0 Å². The number of hydrogen-bond acceptors (Lipinski definition) is 2.